The summed E-state index contributed by atoms with van der Waals surface area (Å²) in [7, 11) is 1.62. The van der Waals surface area contributed by atoms with Crippen LogP contribution in [0.1, 0.15) is 22.8 Å². The standard InChI is InChI=1S/C18H19N2O4.ClH/c1-14(21)20(2,13-18(22)15-8-4-3-5-9-15)12-16-10-6-7-11-17(16)19(23)24;/h3-11H,12-13H2,1-2H3;1H/q+1;/p-1. The van der Waals surface area contributed by atoms with Crippen LogP contribution in [-0.4, -0.2) is 34.7 Å². The number of carbonyl (C=O) groups is 2. The Morgan fingerprint density at radius 2 is 1.60 bits per heavy atom. The van der Waals surface area contributed by atoms with Gasteiger partial charge in [0.2, 0.25) is 5.78 Å². The van der Waals surface area contributed by atoms with Crippen LogP contribution in [0.5, 0.6) is 0 Å². The third-order valence-electron chi connectivity index (χ3n) is 4.06. The Labute approximate surface area is 152 Å². The molecule has 1 atom stereocenters. The number of hydrogen-bond acceptors (Lipinski definition) is 4. The van der Waals surface area contributed by atoms with E-state index in [1.165, 1.54) is 13.0 Å². The van der Waals surface area contributed by atoms with Gasteiger partial charge in [0, 0.05) is 11.6 Å². The Hall–Kier alpha value is -2.57. The van der Waals surface area contributed by atoms with E-state index in [0.29, 0.717) is 11.1 Å². The number of quaternary nitrogens is 1. The van der Waals surface area contributed by atoms with Gasteiger partial charge in [-0.1, -0.05) is 42.5 Å². The second-order valence-electron chi connectivity index (χ2n) is 5.91. The zero-order valence-electron chi connectivity index (χ0n) is 14.0. The molecule has 2 aromatic rings. The van der Waals surface area contributed by atoms with E-state index in [1.54, 1.807) is 49.5 Å². The summed E-state index contributed by atoms with van der Waals surface area (Å²) in [5.41, 5.74) is 0.905. The van der Waals surface area contributed by atoms with Crippen molar-refractivity contribution in [3.8, 4) is 0 Å². The average Bonchev–Trinajstić information content (AvgIpc) is 2.55. The highest BCUT2D eigenvalue weighted by molar-refractivity contribution is 5.97. The van der Waals surface area contributed by atoms with Crippen LogP contribution in [0.2, 0.25) is 0 Å². The first-order valence-corrected chi connectivity index (χ1v) is 7.50. The fourth-order valence-corrected chi connectivity index (χ4v) is 2.51. The summed E-state index contributed by atoms with van der Waals surface area (Å²) in [6.45, 7) is 1.43. The van der Waals surface area contributed by atoms with Crippen LogP contribution in [0.3, 0.4) is 0 Å². The van der Waals surface area contributed by atoms with Gasteiger partial charge in [0.05, 0.1) is 24.5 Å². The van der Waals surface area contributed by atoms with Crippen LogP contribution in [0.4, 0.5) is 5.69 Å². The molecule has 132 valence electrons. The molecule has 0 heterocycles. The van der Waals surface area contributed by atoms with Crippen LogP contribution >= 0.6 is 0 Å². The Morgan fingerprint density at radius 3 is 2.16 bits per heavy atom. The number of amides is 1. The third-order valence-corrected chi connectivity index (χ3v) is 4.06. The van der Waals surface area contributed by atoms with E-state index in [9.17, 15) is 19.7 Å². The number of halogens is 1. The fraction of sp³-hybridized carbons (Fsp3) is 0.222. The minimum Gasteiger partial charge on any atom is -1.00 e. The van der Waals surface area contributed by atoms with Crippen LogP contribution in [0.15, 0.2) is 54.6 Å². The maximum atomic E-state index is 12.5. The predicted octanol–water partition coefficient (Wildman–Crippen LogP) is -0.0252. The van der Waals surface area contributed by atoms with Gasteiger partial charge in [-0.2, -0.15) is 0 Å². The highest BCUT2D eigenvalue weighted by atomic mass is 35.5. The lowest BCUT2D eigenvalue weighted by Crippen LogP contribution is -3.00. The van der Waals surface area contributed by atoms with Crippen molar-refractivity contribution < 1.29 is 31.4 Å². The summed E-state index contributed by atoms with van der Waals surface area (Å²) >= 11 is 0. The van der Waals surface area contributed by atoms with E-state index >= 15 is 0 Å². The van der Waals surface area contributed by atoms with Gasteiger partial charge < -0.3 is 12.4 Å². The normalized spacial score (nSPS) is 12.6. The minimum atomic E-state index is -0.473. The SMILES string of the molecule is CC(=O)[N+](C)(CC(=O)c1ccccc1)Cc1ccccc1[N+](=O)[O-].[Cl-]. The van der Waals surface area contributed by atoms with Gasteiger partial charge in [-0.3, -0.25) is 19.4 Å². The van der Waals surface area contributed by atoms with Crippen molar-refractivity contribution in [3.63, 3.8) is 0 Å². The zero-order chi connectivity index (χ0) is 17.7. The Kier molecular flexibility index (Phi) is 6.97. The molecule has 1 amide bonds. The van der Waals surface area contributed by atoms with E-state index in [0.717, 1.165) is 0 Å². The summed E-state index contributed by atoms with van der Waals surface area (Å²) in [4.78, 5) is 35.3. The Bertz CT molecular complexity index is 780. The molecule has 0 N–H and O–H groups in total. The molecule has 6 nitrogen and oxygen atoms in total. The first kappa shape index (κ1) is 20.5. The molecule has 1 unspecified atom stereocenters. The maximum Gasteiger partial charge on any atom is 0.311 e. The zero-order valence-corrected chi connectivity index (χ0v) is 14.8. The number of ketones is 1. The van der Waals surface area contributed by atoms with Gasteiger partial charge in [-0.05, 0) is 6.07 Å². The second-order valence-corrected chi connectivity index (χ2v) is 5.91. The lowest BCUT2D eigenvalue weighted by atomic mass is 10.1. The summed E-state index contributed by atoms with van der Waals surface area (Å²) in [5.74, 6) is -0.399. The van der Waals surface area contributed by atoms with Crippen molar-refractivity contribution in [3.05, 3.63) is 75.8 Å². The molecule has 0 aromatic heterocycles. The van der Waals surface area contributed by atoms with Crippen molar-refractivity contribution in [2.45, 2.75) is 13.5 Å². The van der Waals surface area contributed by atoms with E-state index in [2.05, 4.69) is 0 Å². The Morgan fingerprint density at radius 1 is 1.04 bits per heavy atom. The van der Waals surface area contributed by atoms with Gasteiger partial charge in [0.15, 0.2) is 0 Å². The lowest BCUT2D eigenvalue weighted by Gasteiger charge is -2.29. The maximum absolute atomic E-state index is 12.5. The van der Waals surface area contributed by atoms with E-state index in [4.69, 9.17) is 0 Å². The van der Waals surface area contributed by atoms with Gasteiger partial charge in [-0.15, -0.1) is 0 Å². The predicted molar refractivity (Wildman–Crippen MR) is 89.3 cm³/mol. The first-order chi connectivity index (χ1) is 11.3. The highest BCUT2D eigenvalue weighted by Gasteiger charge is 2.34. The smallest absolute Gasteiger partial charge is 0.311 e. The van der Waals surface area contributed by atoms with Crippen LogP contribution in [-0.2, 0) is 11.3 Å². The molecular formula is C18H19ClN2O4. The molecule has 0 bridgehead atoms. The molecule has 0 aliphatic carbocycles. The largest absolute Gasteiger partial charge is 1.00 e. The van der Waals surface area contributed by atoms with Crippen molar-refractivity contribution in [2.75, 3.05) is 13.6 Å². The van der Waals surface area contributed by atoms with Crippen LogP contribution < -0.4 is 12.4 Å². The average molecular weight is 363 g/mol. The molecule has 2 rings (SSSR count). The van der Waals surface area contributed by atoms with Gasteiger partial charge in [0.25, 0.3) is 5.69 Å². The lowest BCUT2D eigenvalue weighted by molar-refractivity contribution is -0.839. The number of Topliss-reactive ketones (excluding diaryl/α,β-unsaturated/α-hetero) is 1. The van der Waals surface area contributed by atoms with Crippen LogP contribution in [0, 0.1) is 10.1 Å². The van der Waals surface area contributed by atoms with Crippen molar-refractivity contribution in [1.82, 2.24) is 0 Å². The minimum absolute atomic E-state index is 0. The topological polar surface area (TPSA) is 77.3 Å². The number of nitro benzene ring substituents is 1. The molecule has 25 heavy (non-hydrogen) atoms. The number of para-hydroxylation sites is 1. The second kappa shape index (κ2) is 8.50. The van der Waals surface area contributed by atoms with Crippen LogP contribution in [0.25, 0.3) is 0 Å². The summed E-state index contributed by atoms with van der Waals surface area (Å²) in [5, 5.41) is 11.2. The molecule has 0 radical (unpaired) electrons. The molecular weight excluding hydrogens is 344 g/mol. The van der Waals surface area contributed by atoms with Crippen molar-refractivity contribution in [1.29, 1.82) is 0 Å². The molecule has 2 aromatic carbocycles. The van der Waals surface area contributed by atoms with Crippen molar-refractivity contribution >= 4 is 17.4 Å². The monoisotopic (exact) mass is 362 g/mol. The number of nitrogens with zero attached hydrogens (tertiary/aromatic N) is 2. The van der Waals surface area contributed by atoms with Gasteiger partial charge in [0.1, 0.15) is 13.1 Å². The molecule has 0 aliphatic rings. The summed E-state index contributed by atoms with van der Waals surface area (Å²) < 4.78 is -0.224. The molecule has 0 fully saturated rings. The number of carbonyl (C=O) groups excluding carboxylic acids is 2. The third kappa shape index (κ3) is 4.95. The number of hydrogen-bond donors (Lipinski definition) is 0. The molecule has 0 aliphatic heterocycles. The molecule has 0 saturated carbocycles. The van der Waals surface area contributed by atoms with E-state index in [-0.39, 0.29) is 47.4 Å². The first-order valence-electron chi connectivity index (χ1n) is 7.50. The van der Waals surface area contributed by atoms with E-state index < -0.39 is 4.92 Å². The molecule has 0 saturated heterocycles. The fourth-order valence-electron chi connectivity index (χ4n) is 2.51. The quantitative estimate of drug-likeness (QED) is 0.313. The highest BCUT2D eigenvalue weighted by Crippen LogP contribution is 2.23. The summed E-state index contributed by atoms with van der Waals surface area (Å²) in [6.07, 6.45) is 0. The van der Waals surface area contributed by atoms with Crippen molar-refractivity contribution in [2.24, 2.45) is 0 Å². The molecule has 0 spiro atoms. The number of likely N-dealkylation sites (N-methyl/N-ethyl adjacent to an activating group) is 1. The molecule has 7 heteroatoms. The number of rotatable bonds is 6. The van der Waals surface area contributed by atoms with E-state index in [1.807, 2.05) is 6.07 Å². The number of benzene rings is 2. The van der Waals surface area contributed by atoms with Gasteiger partial charge >= 0.3 is 5.91 Å². The number of nitro groups is 1. The Balaban J connectivity index is 0.00000312. The summed E-state index contributed by atoms with van der Waals surface area (Å²) in [6, 6.07) is 15.0. The van der Waals surface area contributed by atoms with Gasteiger partial charge in [-0.25, -0.2) is 4.79 Å².